The predicted molar refractivity (Wildman–Crippen MR) is 81.7 cm³/mol. The summed E-state index contributed by atoms with van der Waals surface area (Å²) < 4.78 is 0. The summed E-state index contributed by atoms with van der Waals surface area (Å²) in [6.07, 6.45) is 6.42. The first-order valence-electron chi connectivity index (χ1n) is 7.16. The van der Waals surface area contributed by atoms with Gasteiger partial charge in [0.05, 0.1) is 0 Å². The van der Waals surface area contributed by atoms with Crippen LogP contribution in [0.25, 0.3) is 0 Å². The molecule has 0 aliphatic heterocycles. The quantitative estimate of drug-likeness (QED) is 0.777. The van der Waals surface area contributed by atoms with E-state index in [0.717, 1.165) is 6.04 Å². The molecule has 0 radical (unpaired) electrons. The first-order valence-corrected chi connectivity index (χ1v) is 7.16. The molecule has 0 fully saturated rings. The van der Waals surface area contributed by atoms with Gasteiger partial charge in [0.1, 0.15) is 0 Å². The summed E-state index contributed by atoms with van der Waals surface area (Å²) in [7, 11) is 0. The van der Waals surface area contributed by atoms with Gasteiger partial charge in [0.15, 0.2) is 0 Å². The van der Waals surface area contributed by atoms with Gasteiger partial charge in [-0.05, 0) is 56.3 Å². The van der Waals surface area contributed by atoms with Crippen LogP contribution in [0.5, 0.6) is 0 Å². The molecule has 1 aromatic rings. The van der Waals surface area contributed by atoms with E-state index in [-0.39, 0.29) is 12.4 Å². The molecule has 18 heavy (non-hydrogen) atoms. The SMILES string of the molecule is CCCN(CCC)C1CCc2ccccc2C1.Cl. The number of hydrogen-bond acceptors (Lipinski definition) is 1. The third-order valence-electron chi connectivity index (χ3n) is 3.86. The average molecular weight is 268 g/mol. The van der Waals surface area contributed by atoms with Crippen LogP contribution in [0.15, 0.2) is 24.3 Å². The van der Waals surface area contributed by atoms with E-state index >= 15 is 0 Å². The fourth-order valence-electron chi connectivity index (χ4n) is 3.04. The molecule has 1 nitrogen and oxygen atoms in total. The minimum Gasteiger partial charge on any atom is -0.300 e. The Morgan fingerprint density at radius 3 is 2.28 bits per heavy atom. The molecule has 0 spiro atoms. The summed E-state index contributed by atoms with van der Waals surface area (Å²) >= 11 is 0. The van der Waals surface area contributed by atoms with Gasteiger partial charge in [-0.1, -0.05) is 38.1 Å². The molecule has 0 heterocycles. The van der Waals surface area contributed by atoms with Crippen LogP contribution in [-0.2, 0) is 12.8 Å². The number of fused-ring (bicyclic) bond motifs is 1. The molecule has 2 rings (SSSR count). The van der Waals surface area contributed by atoms with Crippen molar-refractivity contribution >= 4 is 12.4 Å². The molecule has 0 saturated heterocycles. The van der Waals surface area contributed by atoms with Crippen LogP contribution >= 0.6 is 12.4 Å². The fraction of sp³-hybridized carbons (Fsp3) is 0.625. The van der Waals surface area contributed by atoms with Crippen LogP contribution in [-0.4, -0.2) is 24.0 Å². The molecule has 0 bridgehead atoms. The zero-order chi connectivity index (χ0) is 12.1. The average Bonchev–Trinajstić information content (AvgIpc) is 2.38. The summed E-state index contributed by atoms with van der Waals surface area (Å²) in [5.41, 5.74) is 3.16. The Kier molecular flexibility index (Phi) is 6.73. The summed E-state index contributed by atoms with van der Waals surface area (Å²) in [5.74, 6) is 0. The first-order chi connectivity index (χ1) is 8.35. The van der Waals surface area contributed by atoms with Crippen LogP contribution in [0, 0.1) is 0 Å². The van der Waals surface area contributed by atoms with Crippen molar-refractivity contribution in [1.82, 2.24) is 4.90 Å². The summed E-state index contributed by atoms with van der Waals surface area (Å²) in [6, 6.07) is 9.76. The summed E-state index contributed by atoms with van der Waals surface area (Å²) in [5, 5.41) is 0. The minimum absolute atomic E-state index is 0. The van der Waals surface area contributed by atoms with E-state index in [1.54, 1.807) is 11.1 Å². The van der Waals surface area contributed by atoms with Crippen molar-refractivity contribution in [3.63, 3.8) is 0 Å². The monoisotopic (exact) mass is 267 g/mol. The maximum Gasteiger partial charge on any atom is 0.0139 e. The van der Waals surface area contributed by atoms with E-state index in [0.29, 0.717) is 0 Å². The third-order valence-corrected chi connectivity index (χ3v) is 3.86. The molecule has 1 aromatic carbocycles. The van der Waals surface area contributed by atoms with Crippen molar-refractivity contribution in [2.45, 2.75) is 52.0 Å². The first kappa shape index (κ1) is 15.5. The fourth-order valence-corrected chi connectivity index (χ4v) is 3.04. The van der Waals surface area contributed by atoms with Gasteiger partial charge in [-0.2, -0.15) is 0 Å². The van der Waals surface area contributed by atoms with E-state index in [1.165, 1.54) is 45.2 Å². The molecule has 1 aliphatic carbocycles. The molecule has 2 heteroatoms. The van der Waals surface area contributed by atoms with E-state index in [1.807, 2.05) is 0 Å². The molecule has 1 unspecified atom stereocenters. The van der Waals surface area contributed by atoms with Crippen LogP contribution in [0.4, 0.5) is 0 Å². The van der Waals surface area contributed by atoms with Crippen molar-refractivity contribution in [2.75, 3.05) is 13.1 Å². The Morgan fingerprint density at radius 1 is 1.06 bits per heavy atom. The van der Waals surface area contributed by atoms with Gasteiger partial charge in [-0.3, -0.25) is 0 Å². The number of nitrogens with zero attached hydrogens (tertiary/aromatic N) is 1. The lowest BCUT2D eigenvalue weighted by atomic mass is 9.87. The highest BCUT2D eigenvalue weighted by atomic mass is 35.5. The Bertz CT molecular complexity index is 345. The zero-order valence-corrected chi connectivity index (χ0v) is 12.5. The maximum atomic E-state index is 2.70. The lowest BCUT2D eigenvalue weighted by Gasteiger charge is -2.35. The third kappa shape index (κ3) is 3.73. The molecule has 1 atom stereocenters. The second-order valence-corrected chi connectivity index (χ2v) is 5.20. The van der Waals surface area contributed by atoms with Crippen molar-refractivity contribution in [3.05, 3.63) is 35.4 Å². The smallest absolute Gasteiger partial charge is 0.0139 e. The lowest BCUT2D eigenvalue weighted by Crippen LogP contribution is -2.40. The highest BCUT2D eigenvalue weighted by molar-refractivity contribution is 5.85. The minimum atomic E-state index is 0. The van der Waals surface area contributed by atoms with Gasteiger partial charge in [0.25, 0.3) is 0 Å². The topological polar surface area (TPSA) is 3.24 Å². The second-order valence-electron chi connectivity index (χ2n) is 5.20. The lowest BCUT2D eigenvalue weighted by molar-refractivity contribution is 0.180. The van der Waals surface area contributed by atoms with E-state index in [4.69, 9.17) is 0 Å². The number of hydrogen-bond donors (Lipinski definition) is 0. The van der Waals surface area contributed by atoms with Gasteiger partial charge in [-0.15, -0.1) is 12.4 Å². The molecular formula is C16H26ClN. The largest absolute Gasteiger partial charge is 0.300 e. The van der Waals surface area contributed by atoms with Crippen LogP contribution in [0.3, 0.4) is 0 Å². The summed E-state index contributed by atoms with van der Waals surface area (Å²) in [6.45, 7) is 7.11. The van der Waals surface area contributed by atoms with Crippen molar-refractivity contribution in [2.24, 2.45) is 0 Å². The van der Waals surface area contributed by atoms with Gasteiger partial charge in [0, 0.05) is 6.04 Å². The highest BCUT2D eigenvalue weighted by Gasteiger charge is 2.22. The van der Waals surface area contributed by atoms with Gasteiger partial charge in [-0.25, -0.2) is 0 Å². The number of halogens is 1. The Morgan fingerprint density at radius 2 is 1.67 bits per heavy atom. The number of rotatable bonds is 5. The van der Waals surface area contributed by atoms with Crippen molar-refractivity contribution in [3.8, 4) is 0 Å². The Balaban J connectivity index is 0.00000162. The van der Waals surface area contributed by atoms with Crippen molar-refractivity contribution < 1.29 is 0 Å². The highest BCUT2D eigenvalue weighted by Crippen LogP contribution is 2.24. The van der Waals surface area contributed by atoms with Crippen LogP contribution in [0.1, 0.15) is 44.2 Å². The molecule has 0 amide bonds. The Labute approximate surface area is 118 Å². The number of benzene rings is 1. The molecule has 102 valence electrons. The second kappa shape index (κ2) is 7.81. The van der Waals surface area contributed by atoms with Gasteiger partial charge >= 0.3 is 0 Å². The molecule has 1 aliphatic rings. The van der Waals surface area contributed by atoms with Crippen molar-refractivity contribution in [1.29, 1.82) is 0 Å². The maximum absolute atomic E-state index is 2.70. The van der Waals surface area contributed by atoms with E-state index in [9.17, 15) is 0 Å². The molecule has 0 saturated carbocycles. The normalized spacial score (nSPS) is 18.3. The predicted octanol–water partition coefficient (Wildman–Crippen LogP) is 4.09. The van der Waals surface area contributed by atoms with E-state index in [2.05, 4.69) is 43.0 Å². The Hall–Kier alpha value is -0.530. The van der Waals surface area contributed by atoms with E-state index < -0.39 is 0 Å². The molecule has 0 N–H and O–H groups in total. The van der Waals surface area contributed by atoms with Crippen LogP contribution in [0.2, 0.25) is 0 Å². The zero-order valence-electron chi connectivity index (χ0n) is 11.7. The van der Waals surface area contributed by atoms with Gasteiger partial charge < -0.3 is 4.90 Å². The molecule has 0 aromatic heterocycles. The number of aryl methyl sites for hydroxylation is 1. The molecular weight excluding hydrogens is 242 g/mol. The van der Waals surface area contributed by atoms with Crippen LogP contribution < -0.4 is 0 Å². The standard InChI is InChI=1S/C16H25N.ClH/c1-3-11-17(12-4-2)16-10-9-14-7-5-6-8-15(14)13-16;/h5-8,16H,3-4,9-13H2,1-2H3;1H. The summed E-state index contributed by atoms with van der Waals surface area (Å²) in [4.78, 5) is 2.70. The van der Waals surface area contributed by atoms with Gasteiger partial charge in [0.2, 0.25) is 0 Å².